The van der Waals surface area contributed by atoms with Gasteiger partial charge in [0.2, 0.25) is 0 Å². The SMILES string of the molecule is Oc1ccc(-c2ccc(C3CCC(c4ccccc4Cl)=N3)cc2)cc1Cl. The molecule has 26 heavy (non-hydrogen) atoms. The lowest BCUT2D eigenvalue weighted by Gasteiger charge is -2.09. The average molecular weight is 382 g/mol. The summed E-state index contributed by atoms with van der Waals surface area (Å²) in [6.07, 6.45) is 1.93. The largest absolute Gasteiger partial charge is 0.506 e. The van der Waals surface area contributed by atoms with Crippen LogP contribution >= 0.6 is 23.2 Å². The van der Waals surface area contributed by atoms with Gasteiger partial charge in [0, 0.05) is 16.3 Å². The molecule has 3 aromatic carbocycles. The van der Waals surface area contributed by atoms with Gasteiger partial charge in [-0.1, -0.05) is 71.7 Å². The van der Waals surface area contributed by atoms with Crippen molar-refractivity contribution >= 4 is 28.9 Å². The van der Waals surface area contributed by atoms with Crippen molar-refractivity contribution in [1.29, 1.82) is 0 Å². The van der Waals surface area contributed by atoms with Crippen LogP contribution in [0.15, 0.2) is 71.7 Å². The fourth-order valence-corrected chi connectivity index (χ4v) is 3.74. The zero-order valence-corrected chi connectivity index (χ0v) is 15.5. The van der Waals surface area contributed by atoms with Crippen molar-refractivity contribution in [1.82, 2.24) is 0 Å². The van der Waals surface area contributed by atoms with Gasteiger partial charge in [0.25, 0.3) is 0 Å². The van der Waals surface area contributed by atoms with Gasteiger partial charge < -0.3 is 5.11 Å². The predicted molar refractivity (Wildman–Crippen MR) is 109 cm³/mol. The van der Waals surface area contributed by atoms with Crippen molar-refractivity contribution in [3.8, 4) is 16.9 Å². The Bertz CT molecular complexity index is 980. The third-order valence-corrected chi connectivity index (χ3v) is 5.36. The summed E-state index contributed by atoms with van der Waals surface area (Å²) in [7, 11) is 0. The number of hydrogen-bond acceptors (Lipinski definition) is 2. The van der Waals surface area contributed by atoms with Gasteiger partial charge in [-0.15, -0.1) is 0 Å². The zero-order valence-electron chi connectivity index (χ0n) is 14.0. The number of phenols is 1. The van der Waals surface area contributed by atoms with Gasteiger partial charge in [-0.25, -0.2) is 0 Å². The molecule has 130 valence electrons. The molecule has 0 radical (unpaired) electrons. The summed E-state index contributed by atoms with van der Waals surface area (Å²) in [6.45, 7) is 0. The highest BCUT2D eigenvalue weighted by molar-refractivity contribution is 6.34. The quantitative estimate of drug-likeness (QED) is 0.538. The molecule has 0 amide bonds. The van der Waals surface area contributed by atoms with E-state index in [1.165, 1.54) is 5.56 Å². The normalized spacial score (nSPS) is 16.5. The van der Waals surface area contributed by atoms with Crippen LogP contribution in [0.1, 0.15) is 30.0 Å². The van der Waals surface area contributed by atoms with Crippen LogP contribution < -0.4 is 0 Å². The molecule has 1 heterocycles. The number of aromatic hydroxyl groups is 1. The van der Waals surface area contributed by atoms with Crippen LogP contribution in [0.5, 0.6) is 5.75 Å². The number of halogens is 2. The van der Waals surface area contributed by atoms with E-state index >= 15 is 0 Å². The number of phenolic OH excluding ortho intramolecular Hbond substituents is 1. The van der Waals surface area contributed by atoms with Gasteiger partial charge in [-0.3, -0.25) is 4.99 Å². The zero-order chi connectivity index (χ0) is 18.1. The van der Waals surface area contributed by atoms with Crippen LogP contribution in [0, 0.1) is 0 Å². The molecule has 0 bridgehead atoms. The second-order valence-electron chi connectivity index (χ2n) is 6.40. The van der Waals surface area contributed by atoms with E-state index in [4.69, 9.17) is 28.2 Å². The molecular weight excluding hydrogens is 365 g/mol. The van der Waals surface area contributed by atoms with E-state index in [0.717, 1.165) is 40.3 Å². The summed E-state index contributed by atoms with van der Waals surface area (Å²) in [4.78, 5) is 4.90. The highest BCUT2D eigenvalue weighted by Crippen LogP contribution is 2.34. The second kappa shape index (κ2) is 7.14. The Balaban J connectivity index is 1.58. The summed E-state index contributed by atoms with van der Waals surface area (Å²) in [5, 5.41) is 10.7. The Morgan fingerprint density at radius 1 is 0.846 bits per heavy atom. The minimum atomic E-state index is 0.0967. The minimum Gasteiger partial charge on any atom is -0.506 e. The lowest BCUT2D eigenvalue weighted by atomic mass is 9.99. The number of nitrogens with zero attached hydrogens (tertiary/aromatic N) is 1. The molecule has 3 aromatic rings. The summed E-state index contributed by atoms with van der Waals surface area (Å²) in [5.41, 5.74) is 5.35. The summed E-state index contributed by atoms with van der Waals surface area (Å²) >= 11 is 12.3. The summed E-state index contributed by atoms with van der Waals surface area (Å²) in [6, 6.07) is 21.6. The van der Waals surface area contributed by atoms with Crippen LogP contribution in [-0.2, 0) is 0 Å². The van der Waals surface area contributed by atoms with Gasteiger partial charge in [0.15, 0.2) is 0 Å². The van der Waals surface area contributed by atoms with Crippen LogP contribution in [-0.4, -0.2) is 10.8 Å². The monoisotopic (exact) mass is 381 g/mol. The van der Waals surface area contributed by atoms with Crippen LogP contribution in [0.2, 0.25) is 10.0 Å². The third-order valence-electron chi connectivity index (χ3n) is 4.73. The van der Waals surface area contributed by atoms with Crippen LogP contribution in [0.4, 0.5) is 0 Å². The molecule has 1 N–H and O–H groups in total. The van der Waals surface area contributed by atoms with E-state index in [9.17, 15) is 5.11 Å². The van der Waals surface area contributed by atoms with E-state index in [0.29, 0.717) is 5.02 Å². The van der Waals surface area contributed by atoms with Gasteiger partial charge in [0.1, 0.15) is 5.75 Å². The first kappa shape index (κ1) is 17.1. The van der Waals surface area contributed by atoms with Gasteiger partial charge in [0.05, 0.1) is 11.1 Å². The van der Waals surface area contributed by atoms with Crippen molar-refractivity contribution in [2.45, 2.75) is 18.9 Å². The molecule has 0 spiro atoms. The summed E-state index contributed by atoms with van der Waals surface area (Å²) in [5.74, 6) is 0.0967. The molecule has 0 saturated heterocycles. The van der Waals surface area contributed by atoms with Crippen LogP contribution in [0.25, 0.3) is 11.1 Å². The van der Waals surface area contributed by atoms with Gasteiger partial charge in [-0.05, 0) is 47.7 Å². The Hall–Kier alpha value is -2.29. The summed E-state index contributed by atoms with van der Waals surface area (Å²) < 4.78 is 0. The van der Waals surface area contributed by atoms with Crippen molar-refractivity contribution in [3.63, 3.8) is 0 Å². The molecule has 1 aliphatic heterocycles. The highest BCUT2D eigenvalue weighted by Gasteiger charge is 2.21. The molecule has 0 saturated carbocycles. The van der Waals surface area contributed by atoms with E-state index in [1.807, 2.05) is 30.3 Å². The van der Waals surface area contributed by atoms with Crippen molar-refractivity contribution < 1.29 is 5.11 Å². The molecule has 4 rings (SSSR count). The van der Waals surface area contributed by atoms with E-state index in [-0.39, 0.29) is 11.8 Å². The number of aliphatic imine (C=N–C) groups is 1. The molecule has 1 unspecified atom stereocenters. The first-order valence-electron chi connectivity index (χ1n) is 8.52. The topological polar surface area (TPSA) is 32.6 Å². The molecule has 0 fully saturated rings. The smallest absolute Gasteiger partial charge is 0.134 e. The van der Waals surface area contributed by atoms with E-state index < -0.39 is 0 Å². The van der Waals surface area contributed by atoms with Crippen molar-refractivity contribution in [3.05, 3.63) is 87.9 Å². The lowest BCUT2D eigenvalue weighted by molar-refractivity contribution is 0.475. The molecule has 1 aliphatic rings. The second-order valence-corrected chi connectivity index (χ2v) is 7.21. The fraction of sp³-hybridized carbons (Fsp3) is 0.136. The predicted octanol–water partition coefficient (Wildman–Crippen LogP) is 6.69. The Morgan fingerprint density at radius 3 is 2.31 bits per heavy atom. The molecular formula is C22H17Cl2NO. The maximum Gasteiger partial charge on any atom is 0.134 e. The molecule has 0 aromatic heterocycles. The third kappa shape index (κ3) is 3.35. The maximum atomic E-state index is 9.56. The van der Waals surface area contributed by atoms with Crippen molar-refractivity contribution in [2.24, 2.45) is 4.99 Å². The molecule has 2 nitrogen and oxygen atoms in total. The van der Waals surface area contributed by atoms with Gasteiger partial charge in [-0.2, -0.15) is 0 Å². The number of hydrogen-bond donors (Lipinski definition) is 1. The van der Waals surface area contributed by atoms with E-state index in [1.54, 1.807) is 12.1 Å². The van der Waals surface area contributed by atoms with Crippen molar-refractivity contribution in [2.75, 3.05) is 0 Å². The van der Waals surface area contributed by atoms with E-state index in [2.05, 4.69) is 24.3 Å². The van der Waals surface area contributed by atoms with Gasteiger partial charge >= 0.3 is 0 Å². The Kier molecular flexibility index (Phi) is 4.71. The average Bonchev–Trinajstić information content (AvgIpc) is 3.14. The fourth-order valence-electron chi connectivity index (χ4n) is 3.32. The van der Waals surface area contributed by atoms with Crippen LogP contribution in [0.3, 0.4) is 0 Å². The molecule has 1 atom stereocenters. The Labute approximate surface area is 162 Å². The first-order chi connectivity index (χ1) is 12.6. The highest BCUT2D eigenvalue weighted by atomic mass is 35.5. The Morgan fingerprint density at radius 2 is 1.58 bits per heavy atom. The molecule has 0 aliphatic carbocycles. The molecule has 4 heteroatoms. The number of rotatable bonds is 3. The first-order valence-corrected chi connectivity index (χ1v) is 9.28. The minimum absolute atomic E-state index is 0.0967. The maximum absolute atomic E-state index is 9.56. The lowest BCUT2D eigenvalue weighted by Crippen LogP contribution is -1.96. The standard InChI is InChI=1S/C22H17Cl2NO/c23-18-4-2-1-3-17(18)21-11-10-20(25-21)15-7-5-14(6-8-15)16-9-12-22(26)19(24)13-16/h1-9,12-13,20,26H,10-11H2. The number of benzene rings is 3.